The quantitative estimate of drug-likeness (QED) is 0.753. The molecule has 3 nitrogen and oxygen atoms in total. The molecular weight excluding hydrogens is 192 g/mol. The van der Waals surface area contributed by atoms with Gasteiger partial charge in [0.2, 0.25) is 0 Å². The van der Waals surface area contributed by atoms with E-state index in [1.807, 2.05) is 6.92 Å². The Bertz CT molecular complexity index is 369. The van der Waals surface area contributed by atoms with Gasteiger partial charge in [0.15, 0.2) is 5.78 Å². The second-order valence-electron chi connectivity index (χ2n) is 3.41. The van der Waals surface area contributed by atoms with E-state index in [2.05, 4.69) is 0 Å². The monoisotopic (exact) mass is 206 g/mol. The number of benzene rings is 1. The van der Waals surface area contributed by atoms with E-state index in [1.54, 1.807) is 12.1 Å². The maximum atomic E-state index is 11.6. The van der Waals surface area contributed by atoms with Crippen LogP contribution in [0.2, 0.25) is 0 Å². The first-order valence-corrected chi connectivity index (χ1v) is 5.01. The number of unbranched alkanes of at least 4 members (excludes halogenated alkanes) is 1. The fourth-order valence-corrected chi connectivity index (χ4v) is 1.31. The van der Waals surface area contributed by atoms with E-state index in [4.69, 9.17) is 5.11 Å². The van der Waals surface area contributed by atoms with Gasteiger partial charge in [0.05, 0.1) is 5.56 Å². The minimum Gasteiger partial charge on any atom is -0.478 e. The van der Waals surface area contributed by atoms with Gasteiger partial charge in [-0.2, -0.15) is 0 Å². The molecule has 1 aromatic carbocycles. The Morgan fingerprint density at radius 1 is 1.27 bits per heavy atom. The number of carboxylic acid groups (broad SMARTS) is 1. The zero-order chi connectivity index (χ0) is 11.3. The lowest BCUT2D eigenvalue weighted by Gasteiger charge is -2.01. The van der Waals surface area contributed by atoms with Crippen molar-refractivity contribution in [3.63, 3.8) is 0 Å². The van der Waals surface area contributed by atoms with Crippen molar-refractivity contribution in [2.75, 3.05) is 0 Å². The molecule has 1 N–H and O–H groups in total. The number of ketones is 1. The van der Waals surface area contributed by atoms with E-state index in [9.17, 15) is 9.59 Å². The normalized spacial score (nSPS) is 9.93. The maximum Gasteiger partial charge on any atom is 0.335 e. The van der Waals surface area contributed by atoms with Crippen LogP contribution in [0, 0.1) is 0 Å². The average Bonchev–Trinajstić information content (AvgIpc) is 2.26. The summed E-state index contributed by atoms with van der Waals surface area (Å²) in [6.07, 6.45) is 2.29. The number of aromatic carboxylic acids is 1. The standard InChI is InChI=1S/C12H14O3/c1-2-3-7-11(13)9-5-4-6-10(8-9)12(14)15/h4-6,8H,2-3,7H2,1H3,(H,14,15). The minimum atomic E-state index is -1.000. The van der Waals surface area contributed by atoms with E-state index in [1.165, 1.54) is 12.1 Å². The Morgan fingerprint density at radius 3 is 2.53 bits per heavy atom. The van der Waals surface area contributed by atoms with Crippen molar-refractivity contribution in [3.05, 3.63) is 35.4 Å². The van der Waals surface area contributed by atoms with Crippen molar-refractivity contribution >= 4 is 11.8 Å². The molecule has 1 aromatic rings. The molecule has 0 heterocycles. The number of hydrogen-bond acceptors (Lipinski definition) is 2. The van der Waals surface area contributed by atoms with Crippen molar-refractivity contribution in [2.24, 2.45) is 0 Å². The lowest BCUT2D eigenvalue weighted by atomic mass is 10.0. The zero-order valence-corrected chi connectivity index (χ0v) is 8.69. The molecule has 0 aromatic heterocycles. The molecule has 0 aliphatic rings. The molecule has 0 unspecified atom stereocenters. The van der Waals surface area contributed by atoms with Crippen molar-refractivity contribution in [3.8, 4) is 0 Å². The van der Waals surface area contributed by atoms with Gasteiger partial charge in [-0.3, -0.25) is 4.79 Å². The third-order valence-electron chi connectivity index (χ3n) is 2.19. The molecule has 15 heavy (non-hydrogen) atoms. The van der Waals surface area contributed by atoms with Gasteiger partial charge in [0.1, 0.15) is 0 Å². The van der Waals surface area contributed by atoms with Gasteiger partial charge in [0, 0.05) is 12.0 Å². The summed E-state index contributed by atoms with van der Waals surface area (Å²) in [5.41, 5.74) is 0.653. The number of carboxylic acids is 1. The molecule has 0 bridgehead atoms. The number of carbonyl (C=O) groups excluding carboxylic acids is 1. The Kier molecular flexibility index (Phi) is 4.03. The SMILES string of the molecule is CCCCC(=O)c1cccc(C(=O)O)c1. The molecule has 0 atom stereocenters. The van der Waals surface area contributed by atoms with E-state index < -0.39 is 5.97 Å². The smallest absolute Gasteiger partial charge is 0.335 e. The summed E-state index contributed by atoms with van der Waals surface area (Å²) in [6.45, 7) is 2.01. The van der Waals surface area contributed by atoms with Crippen LogP contribution in [0.1, 0.15) is 46.9 Å². The van der Waals surface area contributed by atoms with Crippen LogP contribution in [0.15, 0.2) is 24.3 Å². The number of hydrogen-bond donors (Lipinski definition) is 1. The Labute approximate surface area is 88.7 Å². The van der Waals surface area contributed by atoms with Crippen molar-refractivity contribution < 1.29 is 14.7 Å². The first-order valence-electron chi connectivity index (χ1n) is 5.01. The van der Waals surface area contributed by atoms with Gasteiger partial charge in [-0.25, -0.2) is 4.79 Å². The Morgan fingerprint density at radius 2 is 1.93 bits per heavy atom. The lowest BCUT2D eigenvalue weighted by molar-refractivity contribution is 0.0697. The molecular formula is C12H14O3. The molecule has 0 aliphatic heterocycles. The van der Waals surface area contributed by atoms with Gasteiger partial charge in [-0.1, -0.05) is 25.5 Å². The highest BCUT2D eigenvalue weighted by Crippen LogP contribution is 2.09. The summed E-state index contributed by atoms with van der Waals surface area (Å²) in [5.74, 6) is -0.986. The summed E-state index contributed by atoms with van der Waals surface area (Å²) in [6, 6.07) is 6.17. The molecule has 80 valence electrons. The molecule has 0 fully saturated rings. The van der Waals surface area contributed by atoms with E-state index in [0.29, 0.717) is 12.0 Å². The summed E-state index contributed by atoms with van der Waals surface area (Å²) in [7, 11) is 0. The van der Waals surface area contributed by atoms with Crippen LogP contribution in [-0.4, -0.2) is 16.9 Å². The summed E-state index contributed by atoms with van der Waals surface area (Å²) in [5, 5.41) is 8.76. The molecule has 0 spiro atoms. The van der Waals surface area contributed by atoms with Crippen LogP contribution in [0.3, 0.4) is 0 Å². The molecule has 0 radical (unpaired) electrons. The maximum absolute atomic E-state index is 11.6. The van der Waals surface area contributed by atoms with E-state index in [0.717, 1.165) is 12.8 Å². The Balaban J connectivity index is 2.81. The van der Waals surface area contributed by atoms with Crippen molar-refractivity contribution in [1.82, 2.24) is 0 Å². The van der Waals surface area contributed by atoms with Crippen molar-refractivity contribution in [1.29, 1.82) is 0 Å². The third kappa shape index (κ3) is 3.20. The summed E-state index contributed by atoms with van der Waals surface area (Å²) < 4.78 is 0. The fourth-order valence-electron chi connectivity index (χ4n) is 1.31. The van der Waals surface area contributed by atoms with Crippen LogP contribution in [0.5, 0.6) is 0 Å². The Hall–Kier alpha value is -1.64. The summed E-state index contributed by atoms with van der Waals surface area (Å²) >= 11 is 0. The number of rotatable bonds is 5. The lowest BCUT2D eigenvalue weighted by Crippen LogP contribution is -2.02. The first-order chi connectivity index (χ1) is 7.15. The second-order valence-corrected chi connectivity index (χ2v) is 3.41. The highest BCUT2D eigenvalue weighted by Gasteiger charge is 2.08. The van der Waals surface area contributed by atoms with Gasteiger partial charge in [0.25, 0.3) is 0 Å². The van der Waals surface area contributed by atoms with Gasteiger partial charge in [-0.05, 0) is 18.6 Å². The number of Topliss-reactive ketones (excluding diaryl/α,β-unsaturated/α-hetero) is 1. The molecule has 0 saturated heterocycles. The molecule has 3 heteroatoms. The topological polar surface area (TPSA) is 54.4 Å². The van der Waals surface area contributed by atoms with Gasteiger partial charge in [-0.15, -0.1) is 0 Å². The van der Waals surface area contributed by atoms with Crippen LogP contribution in [0.25, 0.3) is 0 Å². The van der Waals surface area contributed by atoms with E-state index >= 15 is 0 Å². The highest BCUT2D eigenvalue weighted by atomic mass is 16.4. The predicted molar refractivity (Wildman–Crippen MR) is 57.3 cm³/mol. The molecule has 1 rings (SSSR count). The second kappa shape index (κ2) is 5.29. The third-order valence-corrected chi connectivity index (χ3v) is 2.19. The van der Waals surface area contributed by atoms with Crippen LogP contribution >= 0.6 is 0 Å². The molecule has 0 aliphatic carbocycles. The minimum absolute atomic E-state index is 0.0138. The largest absolute Gasteiger partial charge is 0.478 e. The van der Waals surface area contributed by atoms with Gasteiger partial charge < -0.3 is 5.11 Å². The van der Waals surface area contributed by atoms with Gasteiger partial charge >= 0.3 is 5.97 Å². The molecule has 0 amide bonds. The van der Waals surface area contributed by atoms with E-state index in [-0.39, 0.29) is 11.3 Å². The number of carbonyl (C=O) groups is 2. The summed E-state index contributed by atoms with van der Waals surface area (Å²) in [4.78, 5) is 22.3. The molecule has 0 saturated carbocycles. The van der Waals surface area contributed by atoms with Crippen LogP contribution in [-0.2, 0) is 0 Å². The van der Waals surface area contributed by atoms with Crippen molar-refractivity contribution in [2.45, 2.75) is 26.2 Å². The highest BCUT2D eigenvalue weighted by molar-refractivity contribution is 5.98. The average molecular weight is 206 g/mol. The first kappa shape index (κ1) is 11.4. The van der Waals surface area contributed by atoms with Crippen LogP contribution < -0.4 is 0 Å². The van der Waals surface area contributed by atoms with Crippen LogP contribution in [0.4, 0.5) is 0 Å². The predicted octanol–water partition coefficient (Wildman–Crippen LogP) is 2.76. The zero-order valence-electron chi connectivity index (χ0n) is 8.69. The fraction of sp³-hybridized carbons (Fsp3) is 0.333.